The second kappa shape index (κ2) is 4.26. The molecule has 2 rings (SSSR count). The number of nitrogens with zero attached hydrogens (tertiary/aromatic N) is 2. The Balaban J connectivity index is 2.15. The van der Waals surface area contributed by atoms with Crippen LogP contribution in [0.4, 0.5) is 0 Å². The van der Waals surface area contributed by atoms with Gasteiger partial charge in [-0.25, -0.2) is 9.78 Å². The zero-order valence-electron chi connectivity index (χ0n) is 8.14. The third-order valence-corrected chi connectivity index (χ3v) is 3.48. The fourth-order valence-corrected chi connectivity index (χ4v) is 2.66. The maximum absolute atomic E-state index is 10.7. The number of carboxylic acid groups (broad SMARTS) is 1. The monoisotopic (exact) mass is 228 g/mol. The Kier molecular flexibility index (Phi) is 2.99. The molecule has 0 bridgehead atoms. The molecule has 2 heterocycles. The largest absolute Gasteiger partial charge is 0.476 e. The summed E-state index contributed by atoms with van der Waals surface area (Å²) in [6.45, 7) is 2.33. The number of rotatable bonds is 3. The van der Waals surface area contributed by atoms with Crippen molar-refractivity contribution in [2.75, 3.05) is 19.7 Å². The molecular weight excluding hydrogens is 216 g/mol. The number of hydrogen-bond acceptors (Lipinski definition) is 5. The summed E-state index contributed by atoms with van der Waals surface area (Å²) in [5.41, 5.74) is 0.909. The maximum Gasteiger partial charge on any atom is 0.365 e. The van der Waals surface area contributed by atoms with E-state index >= 15 is 0 Å². The van der Waals surface area contributed by atoms with E-state index in [2.05, 4.69) is 9.88 Å². The van der Waals surface area contributed by atoms with Gasteiger partial charge < -0.3 is 10.2 Å². The molecular formula is C9H12N2O3S. The van der Waals surface area contributed by atoms with Gasteiger partial charge in [0.1, 0.15) is 0 Å². The summed E-state index contributed by atoms with van der Waals surface area (Å²) in [6, 6.07) is 0. The molecule has 0 amide bonds. The zero-order valence-corrected chi connectivity index (χ0v) is 8.96. The van der Waals surface area contributed by atoms with Crippen molar-refractivity contribution in [1.82, 2.24) is 9.88 Å². The van der Waals surface area contributed by atoms with E-state index in [1.165, 1.54) is 11.3 Å². The van der Waals surface area contributed by atoms with Gasteiger partial charge in [-0.1, -0.05) is 0 Å². The van der Waals surface area contributed by atoms with Crippen molar-refractivity contribution in [1.29, 1.82) is 0 Å². The number of thiazole rings is 1. The molecule has 0 atom stereocenters. The molecule has 5 nitrogen and oxygen atoms in total. The average molecular weight is 228 g/mol. The summed E-state index contributed by atoms with van der Waals surface area (Å²) in [4.78, 5) is 17.9. The first-order chi connectivity index (χ1) is 7.20. The van der Waals surface area contributed by atoms with Gasteiger partial charge in [-0.15, -0.1) is 11.3 Å². The molecule has 0 unspecified atom stereocenters. The fourth-order valence-electron chi connectivity index (χ4n) is 1.67. The van der Waals surface area contributed by atoms with Gasteiger partial charge in [0.2, 0.25) is 5.01 Å². The lowest BCUT2D eigenvalue weighted by Crippen LogP contribution is -2.32. The third kappa shape index (κ3) is 2.17. The summed E-state index contributed by atoms with van der Waals surface area (Å²) in [7, 11) is 0. The number of aromatic carboxylic acids is 1. The highest BCUT2D eigenvalue weighted by Crippen LogP contribution is 2.24. The molecule has 1 aliphatic rings. The Morgan fingerprint density at radius 1 is 1.60 bits per heavy atom. The topological polar surface area (TPSA) is 73.7 Å². The van der Waals surface area contributed by atoms with Crippen LogP contribution in [-0.2, 0) is 13.0 Å². The lowest BCUT2D eigenvalue weighted by atomic mass is 10.2. The molecule has 6 heteroatoms. The lowest BCUT2D eigenvalue weighted by molar-refractivity contribution is 0.0696. The number of aliphatic hydroxyl groups excluding tert-OH is 1. The van der Waals surface area contributed by atoms with E-state index in [1.807, 2.05) is 0 Å². The Bertz CT molecular complexity index is 377. The second-order valence-electron chi connectivity index (χ2n) is 3.44. The zero-order chi connectivity index (χ0) is 10.8. The number of β-amino-alcohol motifs (C(OH)–C–C–N with tert-alkyl or cyclic N) is 1. The van der Waals surface area contributed by atoms with E-state index in [-0.39, 0.29) is 11.6 Å². The molecule has 0 spiro atoms. The minimum atomic E-state index is -0.955. The molecule has 0 aliphatic carbocycles. The number of aromatic nitrogens is 1. The minimum Gasteiger partial charge on any atom is -0.476 e. The molecule has 0 radical (unpaired) electrons. The molecule has 0 aromatic carbocycles. The molecule has 0 fully saturated rings. The number of hydrogen-bond donors (Lipinski definition) is 2. The molecule has 0 saturated heterocycles. The highest BCUT2D eigenvalue weighted by atomic mass is 32.1. The Morgan fingerprint density at radius 2 is 2.40 bits per heavy atom. The van der Waals surface area contributed by atoms with E-state index in [9.17, 15) is 4.79 Å². The predicted octanol–water partition coefficient (Wildman–Crippen LogP) is 0.192. The van der Waals surface area contributed by atoms with Gasteiger partial charge in [-0.2, -0.15) is 0 Å². The van der Waals surface area contributed by atoms with Crippen molar-refractivity contribution >= 4 is 17.3 Å². The Hall–Kier alpha value is -0.980. The minimum absolute atomic E-state index is 0.139. The quantitative estimate of drug-likeness (QED) is 0.772. The first kappa shape index (κ1) is 10.5. The predicted molar refractivity (Wildman–Crippen MR) is 55.1 cm³/mol. The smallest absolute Gasteiger partial charge is 0.365 e. The first-order valence-corrected chi connectivity index (χ1v) is 5.57. The van der Waals surface area contributed by atoms with Crippen LogP contribution in [0.15, 0.2) is 0 Å². The van der Waals surface area contributed by atoms with Crippen molar-refractivity contribution in [3.05, 3.63) is 15.6 Å². The van der Waals surface area contributed by atoms with E-state index in [0.29, 0.717) is 13.1 Å². The molecule has 0 saturated carbocycles. The van der Waals surface area contributed by atoms with Crippen LogP contribution in [0.2, 0.25) is 0 Å². The number of carboxylic acids is 1. The van der Waals surface area contributed by atoms with Crippen LogP contribution in [0.25, 0.3) is 0 Å². The van der Waals surface area contributed by atoms with Gasteiger partial charge in [-0.05, 0) is 0 Å². The van der Waals surface area contributed by atoms with E-state index in [1.54, 1.807) is 0 Å². The first-order valence-electron chi connectivity index (χ1n) is 4.76. The van der Waals surface area contributed by atoms with Gasteiger partial charge >= 0.3 is 5.97 Å². The fraction of sp³-hybridized carbons (Fsp3) is 0.556. The van der Waals surface area contributed by atoms with Crippen LogP contribution in [0.1, 0.15) is 20.4 Å². The van der Waals surface area contributed by atoms with Crippen molar-refractivity contribution in [2.24, 2.45) is 0 Å². The van der Waals surface area contributed by atoms with E-state index in [4.69, 9.17) is 10.2 Å². The van der Waals surface area contributed by atoms with Crippen molar-refractivity contribution in [2.45, 2.75) is 13.0 Å². The SMILES string of the molecule is O=C(O)c1nc2c(s1)CN(CCO)CC2. The molecule has 1 aromatic rings. The molecule has 1 aromatic heterocycles. The highest BCUT2D eigenvalue weighted by Gasteiger charge is 2.22. The van der Waals surface area contributed by atoms with Crippen LogP contribution >= 0.6 is 11.3 Å². The summed E-state index contributed by atoms with van der Waals surface area (Å²) in [5, 5.41) is 17.8. The van der Waals surface area contributed by atoms with Gasteiger partial charge in [0.05, 0.1) is 12.3 Å². The van der Waals surface area contributed by atoms with Crippen LogP contribution in [0, 0.1) is 0 Å². The highest BCUT2D eigenvalue weighted by molar-refractivity contribution is 7.13. The average Bonchev–Trinajstić information content (AvgIpc) is 2.61. The lowest BCUT2D eigenvalue weighted by Gasteiger charge is -2.24. The Morgan fingerprint density at radius 3 is 3.07 bits per heavy atom. The van der Waals surface area contributed by atoms with Crippen LogP contribution in [0.3, 0.4) is 0 Å². The van der Waals surface area contributed by atoms with Crippen molar-refractivity contribution in [3.63, 3.8) is 0 Å². The summed E-state index contributed by atoms with van der Waals surface area (Å²) in [5.74, 6) is -0.955. The molecule has 15 heavy (non-hydrogen) atoms. The molecule has 2 N–H and O–H groups in total. The van der Waals surface area contributed by atoms with Gasteiger partial charge in [-0.3, -0.25) is 4.90 Å². The second-order valence-corrected chi connectivity index (χ2v) is 4.53. The van der Waals surface area contributed by atoms with Crippen molar-refractivity contribution in [3.8, 4) is 0 Å². The third-order valence-electron chi connectivity index (χ3n) is 2.41. The standard InChI is InChI=1S/C9H12N2O3S/c12-4-3-11-2-1-6-7(5-11)15-8(10-6)9(13)14/h12H,1-5H2,(H,13,14). The summed E-state index contributed by atoms with van der Waals surface area (Å²) in [6.07, 6.45) is 0.777. The van der Waals surface area contributed by atoms with Gasteiger partial charge in [0, 0.05) is 30.9 Å². The van der Waals surface area contributed by atoms with Crippen LogP contribution in [-0.4, -0.2) is 45.8 Å². The number of aliphatic hydroxyl groups is 1. The normalized spacial score (nSPS) is 16.3. The van der Waals surface area contributed by atoms with Crippen LogP contribution in [0.5, 0.6) is 0 Å². The summed E-state index contributed by atoms with van der Waals surface area (Å²) >= 11 is 1.24. The van der Waals surface area contributed by atoms with Gasteiger partial charge in [0.25, 0.3) is 0 Å². The number of fused-ring (bicyclic) bond motifs is 1. The molecule has 1 aliphatic heterocycles. The number of carbonyl (C=O) groups is 1. The van der Waals surface area contributed by atoms with E-state index < -0.39 is 5.97 Å². The molecule has 82 valence electrons. The van der Waals surface area contributed by atoms with Crippen molar-refractivity contribution < 1.29 is 15.0 Å². The van der Waals surface area contributed by atoms with Crippen LogP contribution < -0.4 is 0 Å². The maximum atomic E-state index is 10.7. The van der Waals surface area contributed by atoms with E-state index in [0.717, 1.165) is 23.5 Å². The Labute approximate surface area is 91.0 Å². The van der Waals surface area contributed by atoms with Gasteiger partial charge in [0.15, 0.2) is 0 Å². The summed E-state index contributed by atoms with van der Waals surface area (Å²) < 4.78 is 0.